The Labute approximate surface area is 115 Å². The highest BCUT2D eigenvalue weighted by Gasteiger charge is 2.52. The summed E-state index contributed by atoms with van der Waals surface area (Å²) in [5.41, 5.74) is 7.62. The number of hydrogen-bond acceptors (Lipinski definition) is 2. The number of rotatable bonds is 3. The minimum absolute atomic E-state index is 0.350. The van der Waals surface area contributed by atoms with E-state index in [0.717, 1.165) is 23.6 Å². The van der Waals surface area contributed by atoms with Crippen molar-refractivity contribution in [2.75, 3.05) is 6.54 Å². The Morgan fingerprint density at radius 2 is 1.84 bits per heavy atom. The Morgan fingerprint density at radius 3 is 2.37 bits per heavy atom. The predicted octanol–water partition coefficient (Wildman–Crippen LogP) is 2.94. The molecule has 0 amide bonds. The highest BCUT2D eigenvalue weighted by molar-refractivity contribution is 5.22. The van der Waals surface area contributed by atoms with Gasteiger partial charge in [-0.2, -0.15) is 0 Å². The zero-order valence-corrected chi connectivity index (χ0v) is 11.9. The molecule has 0 aromatic carbocycles. The van der Waals surface area contributed by atoms with E-state index in [-0.39, 0.29) is 0 Å². The second-order valence-corrected chi connectivity index (χ2v) is 7.52. The molecule has 0 spiro atoms. The molecule has 104 valence electrons. The molecule has 1 aromatic rings. The van der Waals surface area contributed by atoms with Gasteiger partial charge in [-0.3, -0.25) is 0 Å². The maximum atomic E-state index is 5.76. The summed E-state index contributed by atoms with van der Waals surface area (Å²) in [5, 5.41) is 0. The maximum absolute atomic E-state index is 5.76. The molecule has 4 fully saturated rings. The van der Waals surface area contributed by atoms with Crippen LogP contribution in [0.5, 0.6) is 0 Å². The Kier molecular flexibility index (Phi) is 2.57. The van der Waals surface area contributed by atoms with Crippen LogP contribution in [0.2, 0.25) is 0 Å². The molecule has 3 heteroatoms. The number of H-pyrrole nitrogens is 1. The zero-order chi connectivity index (χ0) is 13.0. The summed E-state index contributed by atoms with van der Waals surface area (Å²) in [4.78, 5) is 8.24. The molecule has 3 nitrogen and oxygen atoms in total. The summed E-state index contributed by atoms with van der Waals surface area (Å²) in [6.07, 6.45) is 10.8. The van der Waals surface area contributed by atoms with Crippen LogP contribution < -0.4 is 5.73 Å². The Morgan fingerprint density at radius 1 is 1.26 bits per heavy atom. The molecule has 5 rings (SSSR count). The Hall–Kier alpha value is -0.830. The van der Waals surface area contributed by atoms with Crippen molar-refractivity contribution in [3.63, 3.8) is 0 Å². The first-order chi connectivity index (χ1) is 9.18. The molecule has 0 radical (unpaired) electrons. The standard InChI is InChI=1S/C16H25N3/c1-10(8-17)15-18-9-14(19-15)16-5-11-2-12(6-16)4-13(3-11)7-16/h9-13H,2-8,17H2,1H3,(H,18,19). The Balaban J connectivity index is 1.66. The van der Waals surface area contributed by atoms with Gasteiger partial charge in [0.15, 0.2) is 0 Å². The molecule has 1 aromatic heterocycles. The van der Waals surface area contributed by atoms with Crippen molar-refractivity contribution in [3.05, 3.63) is 17.7 Å². The monoisotopic (exact) mass is 259 g/mol. The summed E-state index contributed by atoms with van der Waals surface area (Å²) < 4.78 is 0. The summed E-state index contributed by atoms with van der Waals surface area (Å²) in [6, 6.07) is 0. The van der Waals surface area contributed by atoms with E-state index in [9.17, 15) is 0 Å². The number of nitrogens with one attached hydrogen (secondary N) is 1. The van der Waals surface area contributed by atoms with Crippen LogP contribution in [0, 0.1) is 17.8 Å². The third-order valence-electron chi connectivity index (χ3n) is 6.03. The molecule has 0 saturated heterocycles. The van der Waals surface area contributed by atoms with E-state index in [1.165, 1.54) is 44.2 Å². The maximum Gasteiger partial charge on any atom is 0.110 e. The van der Waals surface area contributed by atoms with Gasteiger partial charge in [-0.05, 0) is 56.3 Å². The average Bonchev–Trinajstić information content (AvgIpc) is 2.86. The van der Waals surface area contributed by atoms with Crippen molar-refractivity contribution < 1.29 is 0 Å². The summed E-state index contributed by atoms with van der Waals surface area (Å²) in [6.45, 7) is 2.83. The summed E-state index contributed by atoms with van der Waals surface area (Å²) in [7, 11) is 0. The van der Waals surface area contributed by atoms with Gasteiger partial charge in [-0.1, -0.05) is 6.92 Å². The number of nitrogens with zero attached hydrogens (tertiary/aromatic N) is 1. The first-order valence-corrected chi connectivity index (χ1v) is 7.94. The lowest BCUT2D eigenvalue weighted by molar-refractivity contribution is -0.00707. The van der Waals surface area contributed by atoms with Crippen LogP contribution in [0.4, 0.5) is 0 Å². The van der Waals surface area contributed by atoms with Crippen molar-refractivity contribution in [1.82, 2.24) is 9.97 Å². The van der Waals surface area contributed by atoms with E-state index in [2.05, 4.69) is 23.1 Å². The number of aromatic nitrogens is 2. The van der Waals surface area contributed by atoms with Gasteiger partial charge >= 0.3 is 0 Å². The fourth-order valence-corrected chi connectivity index (χ4v) is 5.41. The van der Waals surface area contributed by atoms with Gasteiger partial charge in [-0.15, -0.1) is 0 Å². The molecule has 1 atom stereocenters. The molecular weight excluding hydrogens is 234 g/mol. The lowest BCUT2D eigenvalue weighted by Crippen LogP contribution is -2.48. The van der Waals surface area contributed by atoms with Crippen LogP contribution in [0.25, 0.3) is 0 Å². The summed E-state index contributed by atoms with van der Waals surface area (Å²) >= 11 is 0. The van der Waals surface area contributed by atoms with Gasteiger partial charge in [0.2, 0.25) is 0 Å². The van der Waals surface area contributed by atoms with E-state index < -0.39 is 0 Å². The minimum Gasteiger partial charge on any atom is -0.345 e. The average molecular weight is 259 g/mol. The fourth-order valence-electron chi connectivity index (χ4n) is 5.41. The van der Waals surface area contributed by atoms with Crippen molar-refractivity contribution in [3.8, 4) is 0 Å². The lowest BCUT2D eigenvalue weighted by atomic mass is 9.49. The third kappa shape index (κ3) is 1.78. The van der Waals surface area contributed by atoms with Crippen LogP contribution >= 0.6 is 0 Å². The fraction of sp³-hybridized carbons (Fsp3) is 0.812. The van der Waals surface area contributed by atoms with Gasteiger partial charge in [0.1, 0.15) is 5.82 Å². The number of nitrogens with two attached hydrogens (primary N) is 1. The van der Waals surface area contributed by atoms with Gasteiger partial charge < -0.3 is 10.7 Å². The highest BCUT2D eigenvalue weighted by atomic mass is 14.9. The van der Waals surface area contributed by atoms with Crippen LogP contribution in [-0.2, 0) is 5.41 Å². The van der Waals surface area contributed by atoms with E-state index >= 15 is 0 Å². The van der Waals surface area contributed by atoms with Crippen LogP contribution in [-0.4, -0.2) is 16.5 Å². The van der Waals surface area contributed by atoms with Crippen molar-refractivity contribution in [2.24, 2.45) is 23.5 Å². The van der Waals surface area contributed by atoms with E-state index in [0.29, 0.717) is 17.9 Å². The molecule has 19 heavy (non-hydrogen) atoms. The SMILES string of the molecule is CC(CN)c1ncc(C23CC4CC(CC(C4)C2)C3)[nH]1. The molecule has 0 aliphatic heterocycles. The molecule has 4 saturated carbocycles. The molecule has 1 unspecified atom stereocenters. The second kappa shape index (κ2) is 4.08. The predicted molar refractivity (Wildman–Crippen MR) is 75.9 cm³/mol. The van der Waals surface area contributed by atoms with Crippen LogP contribution in [0.1, 0.15) is 62.9 Å². The van der Waals surface area contributed by atoms with Crippen LogP contribution in [0.15, 0.2) is 6.20 Å². The molecule has 4 aliphatic carbocycles. The van der Waals surface area contributed by atoms with Gasteiger partial charge in [0, 0.05) is 29.8 Å². The van der Waals surface area contributed by atoms with E-state index in [1.807, 2.05) is 0 Å². The zero-order valence-electron chi connectivity index (χ0n) is 11.9. The van der Waals surface area contributed by atoms with E-state index in [4.69, 9.17) is 5.73 Å². The quantitative estimate of drug-likeness (QED) is 0.877. The highest BCUT2D eigenvalue weighted by Crippen LogP contribution is 2.60. The first kappa shape index (κ1) is 12.0. The first-order valence-electron chi connectivity index (χ1n) is 7.94. The van der Waals surface area contributed by atoms with Gasteiger partial charge in [0.05, 0.1) is 0 Å². The molecular formula is C16H25N3. The topological polar surface area (TPSA) is 54.7 Å². The van der Waals surface area contributed by atoms with Crippen molar-refractivity contribution >= 4 is 0 Å². The van der Waals surface area contributed by atoms with E-state index in [1.54, 1.807) is 0 Å². The third-order valence-corrected chi connectivity index (χ3v) is 6.03. The molecule has 1 heterocycles. The summed E-state index contributed by atoms with van der Waals surface area (Å²) in [5.74, 6) is 4.41. The second-order valence-electron chi connectivity index (χ2n) is 7.52. The van der Waals surface area contributed by atoms with Crippen molar-refractivity contribution in [2.45, 2.75) is 56.8 Å². The minimum atomic E-state index is 0.350. The van der Waals surface area contributed by atoms with Crippen molar-refractivity contribution in [1.29, 1.82) is 0 Å². The molecule has 4 bridgehead atoms. The normalized spacial score (nSPS) is 41.7. The Bertz CT molecular complexity index is 441. The molecule has 3 N–H and O–H groups in total. The number of imidazole rings is 1. The number of aromatic amines is 1. The lowest BCUT2D eigenvalue weighted by Gasteiger charge is -2.56. The van der Waals surface area contributed by atoms with Crippen LogP contribution in [0.3, 0.4) is 0 Å². The smallest absolute Gasteiger partial charge is 0.110 e. The number of hydrogen-bond donors (Lipinski definition) is 2. The largest absolute Gasteiger partial charge is 0.345 e. The van der Waals surface area contributed by atoms with Gasteiger partial charge in [-0.25, -0.2) is 4.98 Å². The molecule has 4 aliphatic rings. The van der Waals surface area contributed by atoms with Gasteiger partial charge in [0.25, 0.3) is 0 Å².